The van der Waals surface area contributed by atoms with Crippen molar-refractivity contribution in [1.29, 1.82) is 0 Å². The molecule has 0 radical (unpaired) electrons. The molecule has 0 N–H and O–H groups in total. The number of esters is 1. The largest absolute Gasteiger partial charge is 0.497 e. The molecule has 1 atom stereocenters. The lowest BCUT2D eigenvalue weighted by Gasteiger charge is -2.34. The van der Waals surface area contributed by atoms with Gasteiger partial charge in [-0.25, -0.2) is 4.79 Å². The zero-order valence-electron chi connectivity index (χ0n) is 18.5. The van der Waals surface area contributed by atoms with Crippen LogP contribution in [-0.2, 0) is 17.7 Å². The molecule has 0 aromatic heterocycles. The molecule has 1 heterocycles. The number of nitrogens with zero attached hydrogens (tertiary/aromatic N) is 2. The summed E-state index contributed by atoms with van der Waals surface area (Å²) in [6.45, 7) is 5.47. The highest BCUT2D eigenvalue weighted by Gasteiger charge is 2.21. The molecule has 1 aliphatic rings. The van der Waals surface area contributed by atoms with E-state index in [1.54, 1.807) is 7.11 Å². The topological polar surface area (TPSA) is 42.0 Å². The molecule has 5 heteroatoms. The number of ether oxygens (including phenoxy) is 2. The third-order valence-electron chi connectivity index (χ3n) is 5.88. The van der Waals surface area contributed by atoms with Gasteiger partial charge >= 0.3 is 5.97 Å². The average Bonchev–Trinajstić information content (AvgIpc) is 2.78. The molecule has 1 unspecified atom stereocenters. The van der Waals surface area contributed by atoms with Crippen molar-refractivity contribution in [2.24, 2.45) is 5.92 Å². The highest BCUT2D eigenvalue weighted by atomic mass is 16.5. The first-order valence-corrected chi connectivity index (χ1v) is 10.8. The summed E-state index contributed by atoms with van der Waals surface area (Å²) in [5.74, 6) is 1.33. The van der Waals surface area contributed by atoms with Crippen molar-refractivity contribution in [3.8, 4) is 5.75 Å². The summed E-state index contributed by atoms with van der Waals surface area (Å²) in [4.78, 5) is 16.6. The molecule has 2 aromatic carbocycles. The summed E-state index contributed by atoms with van der Waals surface area (Å²) in [6.07, 6.45) is 3.65. The van der Waals surface area contributed by atoms with E-state index in [1.165, 1.54) is 44.2 Å². The van der Waals surface area contributed by atoms with Gasteiger partial charge in [0.25, 0.3) is 0 Å². The Morgan fingerprint density at radius 2 is 1.77 bits per heavy atom. The first kappa shape index (κ1) is 22.3. The van der Waals surface area contributed by atoms with Crippen LogP contribution < -0.4 is 4.74 Å². The van der Waals surface area contributed by atoms with Crippen LogP contribution in [0.2, 0.25) is 0 Å². The third kappa shape index (κ3) is 6.57. The van der Waals surface area contributed by atoms with E-state index in [0.717, 1.165) is 31.8 Å². The first-order chi connectivity index (χ1) is 14.6. The second-order valence-electron chi connectivity index (χ2n) is 8.29. The maximum Gasteiger partial charge on any atom is 0.337 e. The van der Waals surface area contributed by atoms with E-state index in [4.69, 9.17) is 9.47 Å². The minimum Gasteiger partial charge on any atom is -0.497 e. The summed E-state index contributed by atoms with van der Waals surface area (Å²) >= 11 is 0. The summed E-state index contributed by atoms with van der Waals surface area (Å²) in [7, 11) is 5.30. The molecule has 0 spiro atoms. The van der Waals surface area contributed by atoms with Gasteiger partial charge in [0.2, 0.25) is 0 Å². The lowest BCUT2D eigenvalue weighted by molar-refractivity contribution is 0.0600. The summed E-state index contributed by atoms with van der Waals surface area (Å²) < 4.78 is 10.0. The van der Waals surface area contributed by atoms with Crippen LogP contribution >= 0.6 is 0 Å². The third-order valence-corrected chi connectivity index (χ3v) is 5.88. The van der Waals surface area contributed by atoms with Crippen LogP contribution in [0.4, 0.5) is 0 Å². The van der Waals surface area contributed by atoms with Gasteiger partial charge in [-0.2, -0.15) is 0 Å². The minimum atomic E-state index is -0.285. The lowest BCUT2D eigenvalue weighted by Crippen LogP contribution is -2.40. The Kier molecular flexibility index (Phi) is 8.29. The fourth-order valence-corrected chi connectivity index (χ4v) is 4.26. The number of piperidine rings is 1. The van der Waals surface area contributed by atoms with Crippen molar-refractivity contribution in [3.63, 3.8) is 0 Å². The van der Waals surface area contributed by atoms with Gasteiger partial charge in [0.15, 0.2) is 0 Å². The van der Waals surface area contributed by atoms with Gasteiger partial charge in [-0.15, -0.1) is 0 Å². The second-order valence-corrected chi connectivity index (χ2v) is 8.29. The first-order valence-electron chi connectivity index (χ1n) is 10.8. The molecule has 1 aliphatic heterocycles. The van der Waals surface area contributed by atoms with Gasteiger partial charge in [-0.05, 0) is 74.2 Å². The fraction of sp³-hybridized carbons (Fsp3) is 0.480. The van der Waals surface area contributed by atoms with Crippen molar-refractivity contribution >= 4 is 5.97 Å². The molecule has 2 aromatic rings. The number of carbonyl (C=O) groups excluding carboxylic acids is 1. The summed E-state index contributed by atoms with van der Waals surface area (Å²) in [5.41, 5.74) is 3.19. The van der Waals surface area contributed by atoms with Crippen molar-refractivity contribution in [2.45, 2.75) is 25.8 Å². The Bertz CT molecular complexity index is 789. The van der Waals surface area contributed by atoms with Crippen molar-refractivity contribution < 1.29 is 14.3 Å². The Labute approximate surface area is 180 Å². The quantitative estimate of drug-likeness (QED) is 0.587. The summed E-state index contributed by atoms with van der Waals surface area (Å²) in [5, 5.41) is 0. The van der Waals surface area contributed by atoms with Crippen LogP contribution in [0.25, 0.3) is 0 Å². The van der Waals surface area contributed by atoms with Crippen LogP contribution in [0.15, 0.2) is 48.5 Å². The number of likely N-dealkylation sites (tertiary alicyclic amines) is 1. The SMILES string of the molecule is COC(=O)c1ccc(CN(C)CC2CCCN(CCc3ccc(OC)cc3)C2)cc1. The molecule has 0 aliphatic carbocycles. The molecule has 30 heavy (non-hydrogen) atoms. The van der Waals surface area contributed by atoms with Gasteiger partial charge < -0.3 is 19.3 Å². The molecule has 1 fully saturated rings. The van der Waals surface area contributed by atoms with Crippen molar-refractivity contribution in [1.82, 2.24) is 9.80 Å². The van der Waals surface area contributed by atoms with E-state index in [1.807, 2.05) is 36.4 Å². The molecular formula is C25H34N2O3. The molecule has 0 saturated carbocycles. The van der Waals surface area contributed by atoms with Gasteiger partial charge in [-0.1, -0.05) is 24.3 Å². The van der Waals surface area contributed by atoms with E-state index in [-0.39, 0.29) is 5.97 Å². The standard InChI is InChI=1S/C25H34N2O3/c1-26(17-21-6-10-23(11-7-21)25(28)30-3)18-22-5-4-15-27(19-22)16-14-20-8-12-24(29-2)13-9-20/h6-13,22H,4-5,14-19H2,1-3H3. The molecule has 5 nitrogen and oxygen atoms in total. The van der Waals surface area contributed by atoms with E-state index in [2.05, 4.69) is 29.0 Å². The molecular weight excluding hydrogens is 376 g/mol. The van der Waals surface area contributed by atoms with Gasteiger partial charge in [0.1, 0.15) is 5.75 Å². The molecule has 3 rings (SSSR count). The Balaban J connectivity index is 1.43. The van der Waals surface area contributed by atoms with Crippen LogP contribution in [0, 0.1) is 5.92 Å². The van der Waals surface area contributed by atoms with Crippen LogP contribution in [0.1, 0.15) is 34.3 Å². The normalized spacial score (nSPS) is 17.1. The smallest absolute Gasteiger partial charge is 0.337 e. The molecule has 1 saturated heterocycles. The number of carbonyl (C=O) groups is 1. The Hall–Kier alpha value is -2.37. The number of rotatable bonds is 9. The number of benzene rings is 2. The molecule has 0 bridgehead atoms. The number of hydrogen-bond donors (Lipinski definition) is 0. The van der Waals surface area contributed by atoms with E-state index in [9.17, 15) is 4.79 Å². The predicted molar refractivity (Wildman–Crippen MR) is 120 cm³/mol. The van der Waals surface area contributed by atoms with E-state index in [0.29, 0.717) is 11.5 Å². The predicted octanol–water partition coefficient (Wildman–Crippen LogP) is 3.87. The Morgan fingerprint density at radius 1 is 1.07 bits per heavy atom. The monoisotopic (exact) mass is 410 g/mol. The van der Waals surface area contributed by atoms with Gasteiger partial charge in [0.05, 0.1) is 19.8 Å². The van der Waals surface area contributed by atoms with Gasteiger partial charge in [-0.3, -0.25) is 0 Å². The van der Waals surface area contributed by atoms with Crippen LogP contribution in [-0.4, -0.2) is 63.2 Å². The average molecular weight is 411 g/mol. The van der Waals surface area contributed by atoms with Crippen LogP contribution in [0.5, 0.6) is 5.75 Å². The van der Waals surface area contributed by atoms with Crippen molar-refractivity contribution in [2.75, 3.05) is 47.4 Å². The van der Waals surface area contributed by atoms with Gasteiger partial charge in [0, 0.05) is 26.2 Å². The van der Waals surface area contributed by atoms with Crippen LogP contribution in [0.3, 0.4) is 0 Å². The zero-order chi connectivity index (χ0) is 21.3. The fourth-order valence-electron chi connectivity index (χ4n) is 4.26. The number of methoxy groups -OCH3 is 2. The highest BCUT2D eigenvalue weighted by molar-refractivity contribution is 5.89. The second kappa shape index (κ2) is 11.1. The molecule has 162 valence electrons. The van der Waals surface area contributed by atoms with E-state index < -0.39 is 0 Å². The summed E-state index contributed by atoms with van der Waals surface area (Å²) in [6, 6.07) is 16.1. The Morgan fingerprint density at radius 3 is 2.43 bits per heavy atom. The highest BCUT2D eigenvalue weighted by Crippen LogP contribution is 2.19. The maximum absolute atomic E-state index is 11.6. The number of hydrogen-bond acceptors (Lipinski definition) is 5. The van der Waals surface area contributed by atoms with E-state index >= 15 is 0 Å². The molecule has 0 amide bonds. The maximum atomic E-state index is 11.6. The van der Waals surface area contributed by atoms with Crippen molar-refractivity contribution in [3.05, 3.63) is 65.2 Å². The lowest BCUT2D eigenvalue weighted by atomic mass is 9.97. The zero-order valence-corrected chi connectivity index (χ0v) is 18.5. The minimum absolute atomic E-state index is 0.285.